The van der Waals surface area contributed by atoms with Crippen molar-refractivity contribution >= 4 is 45.9 Å². The van der Waals surface area contributed by atoms with Gasteiger partial charge < -0.3 is 4.74 Å². The molecule has 0 spiro atoms. The number of hydrogen-bond donors (Lipinski definition) is 0. The van der Waals surface area contributed by atoms with E-state index >= 15 is 0 Å². The van der Waals surface area contributed by atoms with Crippen LogP contribution in [0.25, 0.3) is 0 Å². The third-order valence-electron chi connectivity index (χ3n) is 0.368. The van der Waals surface area contributed by atoms with E-state index in [0.717, 1.165) is 6.08 Å². The number of rotatable bonds is 1. The van der Waals surface area contributed by atoms with Crippen LogP contribution in [0.15, 0.2) is 12.7 Å². The Morgan fingerprint density at radius 2 is 2.11 bits per heavy atom. The average Bonchev–Trinajstić information content (AvgIpc) is 1.88. The molecule has 0 aliphatic heterocycles. The van der Waals surface area contributed by atoms with Crippen LogP contribution in [0.3, 0.4) is 0 Å². The Bertz CT molecular complexity index is 86.6. The molecule has 0 aromatic carbocycles. The van der Waals surface area contributed by atoms with Crippen LogP contribution in [0.4, 0.5) is 0 Å². The zero-order valence-corrected chi connectivity index (χ0v) is 10.5. The molecule has 0 aliphatic rings. The van der Waals surface area contributed by atoms with Gasteiger partial charge in [0.15, 0.2) is 0 Å². The molecular formula is C4H6I2O2V. The Kier molecular flexibility index (Phi) is 17.2. The number of esters is 1. The van der Waals surface area contributed by atoms with Crippen LogP contribution in [0, 0.1) is 0 Å². The van der Waals surface area contributed by atoms with Gasteiger partial charge >= 0.3 is 55.4 Å². The topological polar surface area (TPSA) is 26.3 Å². The van der Waals surface area contributed by atoms with E-state index in [4.69, 9.17) is 0 Å². The Morgan fingerprint density at radius 3 is 2.11 bits per heavy atom. The van der Waals surface area contributed by atoms with E-state index in [1.54, 1.807) is 0 Å². The van der Waals surface area contributed by atoms with E-state index in [1.165, 1.54) is 7.11 Å². The maximum atomic E-state index is 9.84. The van der Waals surface area contributed by atoms with E-state index in [2.05, 4.69) is 51.3 Å². The quantitative estimate of drug-likeness (QED) is 0.389. The summed E-state index contributed by atoms with van der Waals surface area (Å²) >= 11 is 4.74. The molecule has 0 aliphatic carbocycles. The number of ether oxygens (including phenoxy) is 1. The summed E-state index contributed by atoms with van der Waals surface area (Å²) in [6.45, 7) is 3.16. The van der Waals surface area contributed by atoms with Crippen molar-refractivity contribution in [3.05, 3.63) is 12.7 Å². The standard InChI is InChI=1S/C4H6O2.2HI.V/c1-3-4(5)6-2;;;/h3H,1H2,2H3;2*1H;/q;;;+2/p-2. The molecule has 9 heavy (non-hydrogen) atoms. The first-order valence-corrected chi connectivity index (χ1v) is 10.9. The fourth-order valence-electron chi connectivity index (χ4n) is 0.0833. The fourth-order valence-corrected chi connectivity index (χ4v) is 0.0833. The molecule has 2 nitrogen and oxygen atoms in total. The van der Waals surface area contributed by atoms with Gasteiger partial charge in [0, 0.05) is 6.08 Å². The molecule has 0 radical (unpaired) electrons. The third kappa shape index (κ3) is 17.6. The summed E-state index contributed by atoms with van der Waals surface area (Å²) in [5, 5.41) is 0. The Balaban J connectivity index is 0. The molecule has 0 unspecified atom stereocenters. The van der Waals surface area contributed by atoms with Crippen molar-refractivity contribution in [3.8, 4) is 0 Å². The van der Waals surface area contributed by atoms with Crippen molar-refractivity contribution in [2.75, 3.05) is 7.11 Å². The monoisotopic (exact) mass is 391 g/mol. The first kappa shape index (κ1) is 12.9. The van der Waals surface area contributed by atoms with Gasteiger partial charge in [0.25, 0.3) is 0 Å². The van der Waals surface area contributed by atoms with Crippen molar-refractivity contribution in [1.82, 2.24) is 0 Å². The van der Waals surface area contributed by atoms with Crippen LogP contribution in [0.1, 0.15) is 0 Å². The van der Waals surface area contributed by atoms with Gasteiger partial charge in [0.1, 0.15) is 0 Å². The molecule has 53 valence electrons. The van der Waals surface area contributed by atoms with Gasteiger partial charge in [-0.25, -0.2) is 4.79 Å². The first-order valence-electron chi connectivity index (χ1n) is 1.85. The van der Waals surface area contributed by atoms with Gasteiger partial charge in [0.05, 0.1) is 7.11 Å². The second-order valence-corrected chi connectivity index (χ2v) is 12.6. The van der Waals surface area contributed by atoms with E-state index in [1.807, 2.05) is 0 Å². The molecule has 0 aromatic heterocycles. The summed E-state index contributed by atoms with van der Waals surface area (Å²) in [5.41, 5.74) is 0. The van der Waals surface area contributed by atoms with Crippen LogP contribution < -0.4 is 0 Å². The zero-order valence-electron chi connectivity index (χ0n) is 4.80. The summed E-state index contributed by atoms with van der Waals surface area (Å²) in [6, 6.07) is 0. The van der Waals surface area contributed by atoms with Gasteiger partial charge in [0.2, 0.25) is 0 Å². The van der Waals surface area contributed by atoms with Crippen molar-refractivity contribution in [3.63, 3.8) is 0 Å². The van der Waals surface area contributed by atoms with E-state index in [9.17, 15) is 4.79 Å². The molecule has 0 bridgehead atoms. The number of hydrogen-bond acceptors (Lipinski definition) is 2. The van der Waals surface area contributed by atoms with Crippen molar-refractivity contribution in [1.29, 1.82) is 0 Å². The van der Waals surface area contributed by atoms with Crippen LogP contribution >= 0.6 is 40.0 Å². The summed E-state index contributed by atoms with van der Waals surface area (Å²) < 4.78 is 4.14. The van der Waals surface area contributed by atoms with Crippen LogP contribution in [-0.4, -0.2) is 13.1 Å². The molecule has 0 amide bonds. The molecular weight excluding hydrogens is 385 g/mol. The molecule has 0 heterocycles. The maximum absolute atomic E-state index is 9.84. The number of carbonyl (C=O) groups is 1. The SMILES string of the molecule is C=CC(=O)OC.[I][V][I]. The second-order valence-electron chi connectivity index (χ2n) is 0.791. The number of carbonyl (C=O) groups excluding carboxylic acids is 1. The Hall–Kier alpha value is 1.25. The van der Waals surface area contributed by atoms with Gasteiger partial charge in [-0.1, -0.05) is 6.58 Å². The van der Waals surface area contributed by atoms with Crippen molar-refractivity contribution in [2.24, 2.45) is 0 Å². The fraction of sp³-hybridized carbons (Fsp3) is 0.250. The molecule has 5 heteroatoms. The van der Waals surface area contributed by atoms with Crippen LogP contribution in [0.5, 0.6) is 0 Å². The van der Waals surface area contributed by atoms with Crippen LogP contribution in [-0.2, 0) is 19.0 Å². The molecule has 0 aromatic rings. The van der Waals surface area contributed by atoms with E-state index in [-0.39, 0.29) is 0 Å². The second kappa shape index (κ2) is 12.0. The molecule has 0 fully saturated rings. The van der Waals surface area contributed by atoms with E-state index < -0.39 is 5.97 Å². The van der Waals surface area contributed by atoms with Gasteiger partial charge in [-0.05, 0) is 0 Å². The third-order valence-corrected chi connectivity index (χ3v) is 0.368. The molecule has 0 N–H and O–H groups in total. The average molecular weight is 391 g/mol. The number of halogens is 2. The van der Waals surface area contributed by atoms with E-state index in [0.29, 0.717) is 9.47 Å². The Morgan fingerprint density at radius 1 is 1.78 bits per heavy atom. The normalized spacial score (nSPS) is 6.11. The summed E-state index contributed by atoms with van der Waals surface area (Å²) in [6.07, 6.45) is 1.11. The molecule has 0 saturated heterocycles. The Labute approximate surface area is 83.6 Å². The minimum absolute atomic E-state index is 0.394. The zero-order chi connectivity index (χ0) is 7.70. The summed E-state index contributed by atoms with van der Waals surface area (Å²) in [7, 11) is 1.94. The molecule has 0 saturated carbocycles. The molecule has 0 rings (SSSR count). The van der Waals surface area contributed by atoms with Gasteiger partial charge in [-0.15, -0.1) is 0 Å². The summed E-state index contributed by atoms with van der Waals surface area (Å²) in [5.74, 6) is -0.394. The van der Waals surface area contributed by atoms with Crippen molar-refractivity contribution < 1.29 is 19.0 Å². The van der Waals surface area contributed by atoms with Crippen molar-refractivity contribution in [2.45, 2.75) is 0 Å². The van der Waals surface area contributed by atoms with Gasteiger partial charge in [-0.3, -0.25) is 0 Å². The predicted molar refractivity (Wildman–Crippen MR) is 50.3 cm³/mol. The first-order chi connectivity index (χ1) is 4.22. The van der Waals surface area contributed by atoms with Gasteiger partial charge in [-0.2, -0.15) is 0 Å². The minimum atomic E-state index is -0.394. The van der Waals surface area contributed by atoms with Crippen LogP contribution in [0.2, 0.25) is 0 Å². The number of methoxy groups -OCH3 is 1. The molecule has 0 atom stereocenters. The summed E-state index contributed by atoms with van der Waals surface area (Å²) in [4.78, 5) is 9.84. The predicted octanol–water partition coefficient (Wildman–Crippen LogP) is 2.11.